The van der Waals surface area contributed by atoms with Gasteiger partial charge in [0.05, 0.1) is 13.0 Å². The van der Waals surface area contributed by atoms with E-state index in [0.717, 1.165) is 36.7 Å². The zero-order valence-electron chi connectivity index (χ0n) is 14.4. The summed E-state index contributed by atoms with van der Waals surface area (Å²) in [4.78, 5) is 23.1. The highest BCUT2D eigenvalue weighted by molar-refractivity contribution is 5.78. The van der Waals surface area contributed by atoms with Crippen LogP contribution in [0.15, 0.2) is 36.8 Å². The smallest absolute Gasteiger partial charge is 0.228 e. The van der Waals surface area contributed by atoms with E-state index in [4.69, 9.17) is 4.74 Å². The summed E-state index contributed by atoms with van der Waals surface area (Å²) in [6.45, 7) is 2.87. The molecule has 4 rings (SSSR count). The molecule has 0 aromatic carbocycles. The molecule has 3 heterocycles. The Labute approximate surface area is 148 Å². The van der Waals surface area contributed by atoms with E-state index >= 15 is 0 Å². The Balaban J connectivity index is 1.39. The Bertz CT molecular complexity index is 744. The summed E-state index contributed by atoms with van der Waals surface area (Å²) in [6, 6.07) is 5.68. The average molecular weight is 337 g/mol. The van der Waals surface area contributed by atoms with Crippen molar-refractivity contribution < 1.29 is 9.53 Å². The third-order valence-electron chi connectivity index (χ3n) is 4.95. The Morgan fingerprint density at radius 3 is 3.00 bits per heavy atom. The van der Waals surface area contributed by atoms with Gasteiger partial charge < -0.3 is 9.64 Å². The molecule has 0 saturated heterocycles. The van der Waals surface area contributed by atoms with Gasteiger partial charge >= 0.3 is 0 Å². The molecule has 2 aliphatic rings. The van der Waals surface area contributed by atoms with Gasteiger partial charge in [0.25, 0.3) is 0 Å². The van der Waals surface area contributed by atoms with E-state index in [2.05, 4.69) is 9.97 Å². The number of nitrogens with zero attached hydrogens (tertiary/aromatic N) is 3. The summed E-state index contributed by atoms with van der Waals surface area (Å²) in [5.74, 6) is 0.895. The number of ether oxygens (including phenoxy) is 1. The molecule has 5 nitrogen and oxygen atoms in total. The molecule has 0 N–H and O–H groups in total. The molecule has 0 bridgehead atoms. The molecule has 1 saturated carbocycles. The van der Waals surface area contributed by atoms with Crippen molar-refractivity contribution in [3.05, 3.63) is 59.2 Å². The number of carbonyl (C=O) groups is 1. The van der Waals surface area contributed by atoms with Gasteiger partial charge in [-0.15, -0.1) is 0 Å². The number of pyridine rings is 2. The standard InChI is InChI=1S/C20H23N3O2/c24-20(9-18-3-1-2-7-22-18)23-8-6-19-16(12-23)10-21-11-17(19)14-25-13-15-4-5-15/h1-3,7,10-11,15H,4-6,8-9,12-14H2. The molecule has 2 aromatic rings. The number of fused-ring (bicyclic) bond motifs is 1. The first-order valence-corrected chi connectivity index (χ1v) is 8.99. The van der Waals surface area contributed by atoms with E-state index in [1.807, 2.05) is 35.5 Å². The first-order chi connectivity index (χ1) is 12.3. The monoisotopic (exact) mass is 337 g/mol. The third-order valence-corrected chi connectivity index (χ3v) is 4.95. The van der Waals surface area contributed by atoms with Gasteiger partial charge in [-0.1, -0.05) is 6.07 Å². The van der Waals surface area contributed by atoms with E-state index in [1.54, 1.807) is 6.20 Å². The topological polar surface area (TPSA) is 55.3 Å². The molecule has 1 amide bonds. The maximum Gasteiger partial charge on any atom is 0.228 e. The third kappa shape index (κ3) is 4.04. The van der Waals surface area contributed by atoms with E-state index < -0.39 is 0 Å². The number of carbonyl (C=O) groups excluding carboxylic acids is 1. The van der Waals surface area contributed by atoms with Gasteiger partial charge in [-0.3, -0.25) is 14.8 Å². The Morgan fingerprint density at radius 2 is 2.20 bits per heavy atom. The minimum atomic E-state index is 0.125. The van der Waals surface area contributed by atoms with Crippen molar-refractivity contribution in [3.8, 4) is 0 Å². The van der Waals surface area contributed by atoms with Crippen molar-refractivity contribution in [1.82, 2.24) is 14.9 Å². The van der Waals surface area contributed by atoms with Crippen LogP contribution in [-0.4, -0.2) is 33.9 Å². The Hall–Kier alpha value is -2.27. The van der Waals surface area contributed by atoms with Crippen LogP contribution in [0.25, 0.3) is 0 Å². The van der Waals surface area contributed by atoms with Crippen LogP contribution in [0.5, 0.6) is 0 Å². The Morgan fingerprint density at radius 1 is 1.28 bits per heavy atom. The highest BCUT2D eigenvalue weighted by Crippen LogP contribution is 2.29. The molecule has 25 heavy (non-hydrogen) atoms. The Kier molecular flexibility index (Phi) is 4.74. The van der Waals surface area contributed by atoms with Crippen LogP contribution in [0, 0.1) is 5.92 Å². The molecule has 2 aromatic heterocycles. The van der Waals surface area contributed by atoms with Crippen LogP contribution in [0.4, 0.5) is 0 Å². The van der Waals surface area contributed by atoms with E-state index in [1.165, 1.54) is 24.0 Å². The number of rotatable bonds is 6. The lowest BCUT2D eigenvalue weighted by molar-refractivity contribution is -0.131. The number of hydrogen-bond acceptors (Lipinski definition) is 4. The molecule has 1 fully saturated rings. The van der Waals surface area contributed by atoms with Crippen LogP contribution in [0.3, 0.4) is 0 Å². The minimum Gasteiger partial charge on any atom is -0.376 e. The van der Waals surface area contributed by atoms with Gasteiger partial charge in [0.1, 0.15) is 0 Å². The molecule has 0 atom stereocenters. The summed E-state index contributed by atoms with van der Waals surface area (Å²) >= 11 is 0. The van der Waals surface area contributed by atoms with Crippen LogP contribution >= 0.6 is 0 Å². The fourth-order valence-corrected chi connectivity index (χ4v) is 3.29. The zero-order valence-corrected chi connectivity index (χ0v) is 14.4. The predicted molar refractivity (Wildman–Crippen MR) is 93.7 cm³/mol. The van der Waals surface area contributed by atoms with Gasteiger partial charge in [0.15, 0.2) is 0 Å². The molecule has 1 aliphatic heterocycles. The molecule has 0 unspecified atom stereocenters. The highest BCUT2D eigenvalue weighted by atomic mass is 16.5. The van der Waals surface area contributed by atoms with Crippen molar-refractivity contribution >= 4 is 5.91 Å². The lowest BCUT2D eigenvalue weighted by Crippen LogP contribution is -2.37. The number of hydrogen-bond donors (Lipinski definition) is 0. The molecule has 5 heteroatoms. The summed E-state index contributed by atoms with van der Waals surface area (Å²) in [6.07, 6.45) is 9.36. The molecule has 0 spiro atoms. The van der Waals surface area contributed by atoms with Gasteiger partial charge in [-0.05, 0) is 54.0 Å². The average Bonchev–Trinajstić information content (AvgIpc) is 3.46. The first kappa shape index (κ1) is 16.2. The quantitative estimate of drug-likeness (QED) is 0.813. The maximum atomic E-state index is 12.6. The molecular formula is C20H23N3O2. The van der Waals surface area contributed by atoms with Crippen molar-refractivity contribution in [1.29, 1.82) is 0 Å². The van der Waals surface area contributed by atoms with Gasteiger partial charge in [0, 0.05) is 44.0 Å². The van der Waals surface area contributed by atoms with E-state index in [-0.39, 0.29) is 5.91 Å². The number of aromatic nitrogens is 2. The molecular weight excluding hydrogens is 314 g/mol. The minimum absolute atomic E-state index is 0.125. The molecule has 130 valence electrons. The highest BCUT2D eigenvalue weighted by Gasteiger charge is 2.24. The van der Waals surface area contributed by atoms with Crippen molar-refractivity contribution in [2.24, 2.45) is 5.92 Å². The number of amides is 1. The van der Waals surface area contributed by atoms with Crippen molar-refractivity contribution in [3.63, 3.8) is 0 Å². The summed E-state index contributed by atoms with van der Waals surface area (Å²) in [7, 11) is 0. The molecule has 1 aliphatic carbocycles. The fraction of sp³-hybridized carbons (Fsp3) is 0.450. The second-order valence-electron chi connectivity index (χ2n) is 6.96. The van der Waals surface area contributed by atoms with Gasteiger partial charge in [0.2, 0.25) is 5.91 Å². The van der Waals surface area contributed by atoms with E-state index in [9.17, 15) is 4.79 Å². The van der Waals surface area contributed by atoms with E-state index in [0.29, 0.717) is 19.6 Å². The summed E-state index contributed by atoms with van der Waals surface area (Å²) < 4.78 is 5.83. The fourth-order valence-electron chi connectivity index (χ4n) is 3.29. The SMILES string of the molecule is O=C(Cc1ccccn1)N1CCc2c(COCC3CC3)cncc2C1. The van der Waals surface area contributed by atoms with Crippen LogP contribution in [0.1, 0.15) is 35.2 Å². The van der Waals surface area contributed by atoms with Crippen LogP contribution in [-0.2, 0) is 35.5 Å². The maximum absolute atomic E-state index is 12.6. The van der Waals surface area contributed by atoms with Crippen molar-refractivity contribution in [2.75, 3.05) is 13.2 Å². The second kappa shape index (κ2) is 7.31. The predicted octanol–water partition coefficient (Wildman–Crippen LogP) is 2.53. The lowest BCUT2D eigenvalue weighted by atomic mass is 9.97. The van der Waals surface area contributed by atoms with Gasteiger partial charge in [-0.2, -0.15) is 0 Å². The largest absolute Gasteiger partial charge is 0.376 e. The van der Waals surface area contributed by atoms with Crippen LogP contribution in [0.2, 0.25) is 0 Å². The summed E-state index contributed by atoms with van der Waals surface area (Å²) in [5, 5.41) is 0. The van der Waals surface area contributed by atoms with Gasteiger partial charge in [-0.25, -0.2) is 0 Å². The summed E-state index contributed by atoms with van der Waals surface area (Å²) in [5.41, 5.74) is 4.45. The second-order valence-corrected chi connectivity index (χ2v) is 6.96. The zero-order chi connectivity index (χ0) is 17.1. The normalized spacial score (nSPS) is 16.6. The first-order valence-electron chi connectivity index (χ1n) is 8.99. The van der Waals surface area contributed by atoms with Crippen molar-refractivity contribution in [2.45, 2.75) is 38.8 Å². The molecule has 0 radical (unpaired) electrons. The lowest BCUT2D eigenvalue weighted by Gasteiger charge is -2.30. The van der Waals surface area contributed by atoms with Crippen LogP contribution < -0.4 is 0 Å².